The van der Waals surface area contributed by atoms with Crippen molar-refractivity contribution in [2.45, 2.75) is 6.42 Å². The number of halogens is 1. The topological polar surface area (TPSA) is 65.5 Å². The van der Waals surface area contributed by atoms with Crippen molar-refractivity contribution in [3.63, 3.8) is 0 Å². The van der Waals surface area contributed by atoms with Crippen LogP contribution in [0.5, 0.6) is 0 Å². The molecule has 3 N–H and O–H groups in total. The standard InChI is InChI=1S/C16H16N4.ClH/c1-20(16(17)18)19-10-11-6-7-15-13(8-11)9-12-4-2-3-5-14(12)15;/h2-8,10H,9H2,1H3,(H3,17,18);1H/b19-10+;. The third-order valence-electron chi connectivity index (χ3n) is 3.55. The van der Waals surface area contributed by atoms with Gasteiger partial charge >= 0.3 is 0 Å². The second kappa shape index (κ2) is 5.97. The minimum atomic E-state index is -0.0742. The molecular formula is C16H17ClN4. The maximum atomic E-state index is 7.27. The third kappa shape index (κ3) is 2.90. The molecule has 0 bridgehead atoms. The van der Waals surface area contributed by atoms with Gasteiger partial charge in [-0.05, 0) is 40.3 Å². The molecule has 0 saturated heterocycles. The van der Waals surface area contributed by atoms with Crippen LogP contribution in [0.2, 0.25) is 0 Å². The van der Waals surface area contributed by atoms with E-state index in [-0.39, 0.29) is 18.4 Å². The molecule has 4 nitrogen and oxygen atoms in total. The minimum absolute atomic E-state index is 0. The van der Waals surface area contributed by atoms with Gasteiger partial charge in [-0.1, -0.05) is 36.4 Å². The highest BCUT2D eigenvalue weighted by Gasteiger charge is 2.17. The zero-order chi connectivity index (χ0) is 14.1. The molecule has 0 radical (unpaired) electrons. The van der Waals surface area contributed by atoms with E-state index in [9.17, 15) is 0 Å². The van der Waals surface area contributed by atoms with E-state index in [0.29, 0.717) is 0 Å². The molecule has 0 amide bonds. The minimum Gasteiger partial charge on any atom is -0.369 e. The second-order valence-corrected chi connectivity index (χ2v) is 4.90. The molecule has 0 heterocycles. The number of fused-ring (bicyclic) bond motifs is 3. The van der Waals surface area contributed by atoms with Crippen LogP contribution in [0.1, 0.15) is 16.7 Å². The lowest BCUT2D eigenvalue weighted by Gasteiger charge is -2.08. The van der Waals surface area contributed by atoms with Crippen LogP contribution in [0.25, 0.3) is 11.1 Å². The van der Waals surface area contributed by atoms with Crippen LogP contribution < -0.4 is 5.73 Å². The fourth-order valence-electron chi connectivity index (χ4n) is 2.46. The molecule has 21 heavy (non-hydrogen) atoms. The van der Waals surface area contributed by atoms with Gasteiger partial charge in [0.15, 0.2) is 0 Å². The average molecular weight is 301 g/mol. The molecule has 1 aliphatic rings. The number of hydrogen-bond donors (Lipinski definition) is 2. The summed E-state index contributed by atoms with van der Waals surface area (Å²) in [5.74, 6) is -0.0742. The van der Waals surface area contributed by atoms with E-state index in [2.05, 4.69) is 41.5 Å². The SMILES string of the molecule is CN(/N=C/c1ccc2c(c1)Cc1ccccc1-2)C(=N)N.Cl. The van der Waals surface area contributed by atoms with E-state index in [4.69, 9.17) is 11.1 Å². The van der Waals surface area contributed by atoms with Crippen LogP contribution in [0.3, 0.4) is 0 Å². The average Bonchev–Trinajstić information content (AvgIpc) is 2.82. The molecule has 1 aliphatic carbocycles. The number of hydrogen-bond acceptors (Lipinski definition) is 2. The largest absolute Gasteiger partial charge is 0.369 e. The van der Waals surface area contributed by atoms with Crippen molar-refractivity contribution in [2.24, 2.45) is 10.8 Å². The summed E-state index contributed by atoms with van der Waals surface area (Å²) < 4.78 is 0. The van der Waals surface area contributed by atoms with E-state index >= 15 is 0 Å². The van der Waals surface area contributed by atoms with Crippen LogP contribution in [-0.4, -0.2) is 24.2 Å². The molecule has 108 valence electrons. The Morgan fingerprint density at radius 3 is 2.67 bits per heavy atom. The first-order valence-electron chi connectivity index (χ1n) is 6.48. The molecule has 2 aromatic carbocycles. The van der Waals surface area contributed by atoms with E-state index in [1.165, 1.54) is 27.3 Å². The highest BCUT2D eigenvalue weighted by Crippen LogP contribution is 2.36. The van der Waals surface area contributed by atoms with Gasteiger partial charge in [0, 0.05) is 7.05 Å². The third-order valence-corrected chi connectivity index (χ3v) is 3.55. The molecule has 0 fully saturated rings. The Bertz CT molecular complexity index is 709. The summed E-state index contributed by atoms with van der Waals surface area (Å²) in [5, 5.41) is 12.7. The maximum absolute atomic E-state index is 7.27. The first-order valence-corrected chi connectivity index (χ1v) is 6.48. The van der Waals surface area contributed by atoms with Crippen LogP contribution in [0, 0.1) is 5.41 Å². The van der Waals surface area contributed by atoms with Crippen molar-refractivity contribution in [1.29, 1.82) is 5.41 Å². The van der Waals surface area contributed by atoms with Crippen molar-refractivity contribution >= 4 is 24.6 Å². The van der Waals surface area contributed by atoms with Crippen molar-refractivity contribution < 1.29 is 0 Å². The number of benzene rings is 2. The highest BCUT2D eigenvalue weighted by atomic mass is 35.5. The summed E-state index contributed by atoms with van der Waals surface area (Å²) in [6, 6.07) is 14.8. The van der Waals surface area contributed by atoms with Crippen molar-refractivity contribution in [1.82, 2.24) is 5.01 Å². The predicted molar refractivity (Wildman–Crippen MR) is 89.2 cm³/mol. The van der Waals surface area contributed by atoms with Crippen molar-refractivity contribution in [3.05, 3.63) is 59.2 Å². The van der Waals surface area contributed by atoms with Gasteiger partial charge in [-0.3, -0.25) is 5.41 Å². The van der Waals surface area contributed by atoms with E-state index < -0.39 is 0 Å². The molecule has 3 rings (SSSR count). The normalized spacial score (nSPS) is 11.7. The number of rotatable bonds is 2. The number of guanidine groups is 1. The summed E-state index contributed by atoms with van der Waals surface area (Å²) in [6.45, 7) is 0. The molecule has 0 atom stereocenters. The lowest BCUT2D eigenvalue weighted by Crippen LogP contribution is -2.28. The molecule has 0 saturated carbocycles. The zero-order valence-electron chi connectivity index (χ0n) is 11.7. The summed E-state index contributed by atoms with van der Waals surface area (Å²) in [4.78, 5) is 0. The van der Waals surface area contributed by atoms with Crippen LogP contribution in [-0.2, 0) is 6.42 Å². The number of nitrogens with zero attached hydrogens (tertiary/aromatic N) is 2. The monoisotopic (exact) mass is 300 g/mol. The zero-order valence-corrected chi connectivity index (χ0v) is 12.5. The van der Waals surface area contributed by atoms with E-state index in [0.717, 1.165) is 12.0 Å². The maximum Gasteiger partial charge on any atom is 0.208 e. The Labute approximate surface area is 130 Å². The molecule has 0 unspecified atom stereocenters. The van der Waals surface area contributed by atoms with Gasteiger partial charge in [0.25, 0.3) is 0 Å². The van der Waals surface area contributed by atoms with Crippen LogP contribution >= 0.6 is 12.4 Å². The first kappa shape index (κ1) is 15.1. The fourth-order valence-corrected chi connectivity index (χ4v) is 2.46. The molecular weight excluding hydrogens is 284 g/mol. The molecule has 0 aliphatic heterocycles. The smallest absolute Gasteiger partial charge is 0.208 e. The van der Waals surface area contributed by atoms with Gasteiger partial charge in [-0.2, -0.15) is 5.10 Å². The van der Waals surface area contributed by atoms with Crippen molar-refractivity contribution in [2.75, 3.05) is 7.05 Å². The lowest BCUT2D eigenvalue weighted by atomic mass is 10.0. The highest BCUT2D eigenvalue weighted by molar-refractivity contribution is 5.86. The Hall–Kier alpha value is -2.33. The summed E-state index contributed by atoms with van der Waals surface area (Å²) in [5.41, 5.74) is 11.7. The summed E-state index contributed by atoms with van der Waals surface area (Å²) in [7, 11) is 1.65. The van der Waals surface area contributed by atoms with E-state index in [1.807, 2.05) is 6.07 Å². The summed E-state index contributed by atoms with van der Waals surface area (Å²) in [6.07, 6.45) is 2.69. The van der Waals surface area contributed by atoms with Gasteiger partial charge in [0.2, 0.25) is 5.96 Å². The Kier molecular flexibility index (Phi) is 4.29. The fraction of sp³-hybridized carbons (Fsp3) is 0.125. The van der Waals surface area contributed by atoms with Gasteiger partial charge in [-0.15, -0.1) is 12.4 Å². The Balaban J connectivity index is 0.00000161. The molecule has 2 aromatic rings. The summed E-state index contributed by atoms with van der Waals surface area (Å²) >= 11 is 0. The van der Waals surface area contributed by atoms with Crippen LogP contribution in [0.4, 0.5) is 0 Å². The van der Waals surface area contributed by atoms with Gasteiger partial charge < -0.3 is 5.73 Å². The molecule has 0 spiro atoms. The Morgan fingerprint density at radius 1 is 1.19 bits per heavy atom. The van der Waals surface area contributed by atoms with Gasteiger partial charge in [0.1, 0.15) is 0 Å². The molecule has 0 aromatic heterocycles. The van der Waals surface area contributed by atoms with Gasteiger partial charge in [-0.25, -0.2) is 5.01 Å². The number of hydrazone groups is 1. The van der Waals surface area contributed by atoms with Crippen LogP contribution in [0.15, 0.2) is 47.6 Å². The number of nitrogens with one attached hydrogen (secondary N) is 1. The quantitative estimate of drug-likeness (QED) is 0.434. The number of nitrogens with two attached hydrogens (primary N) is 1. The lowest BCUT2D eigenvalue weighted by molar-refractivity contribution is 0.536. The molecule has 5 heteroatoms. The van der Waals surface area contributed by atoms with E-state index in [1.54, 1.807) is 13.3 Å². The second-order valence-electron chi connectivity index (χ2n) is 4.90. The van der Waals surface area contributed by atoms with Crippen molar-refractivity contribution in [3.8, 4) is 11.1 Å². The predicted octanol–water partition coefficient (Wildman–Crippen LogP) is 2.84. The first-order chi connectivity index (χ1) is 9.65. The Morgan fingerprint density at radius 2 is 1.90 bits per heavy atom. The van der Waals surface area contributed by atoms with Gasteiger partial charge in [0.05, 0.1) is 6.21 Å².